The predicted molar refractivity (Wildman–Crippen MR) is 96.5 cm³/mol. The monoisotopic (exact) mass is 339 g/mol. The minimum Gasteiger partial charge on any atom is -0.493 e. The topological polar surface area (TPSA) is 31.4 Å². The van der Waals surface area contributed by atoms with Crippen molar-refractivity contribution in [2.45, 2.75) is 18.8 Å². The summed E-state index contributed by atoms with van der Waals surface area (Å²) in [5.41, 5.74) is 3.73. The second-order valence-electron chi connectivity index (χ2n) is 6.03. The molecule has 0 saturated heterocycles. The maximum absolute atomic E-state index is 6.22. The van der Waals surface area contributed by atoms with Crippen LogP contribution in [-0.2, 0) is 6.42 Å². The Labute approximate surface area is 146 Å². The Morgan fingerprint density at radius 2 is 1.92 bits per heavy atom. The lowest BCUT2D eigenvalue weighted by molar-refractivity contribution is 0.358. The Kier molecular flexibility index (Phi) is 3.81. The molecule has 3 aromatic rings. The molecule has 0 spiro atoms. The van der Waals surface area contributed by atoms with Gasteiger partial charge in [-0.1, -0.05) is 17.7 Å². The molecule has 2 aromatic carbocycles. The number of benzene rings is 2. The van der Waals surface area contributed by atoms with Crippen LogP contribution in [0.1, 0.15) is 29.2 Å². The number of hydrogen-bond acceptors (Lipinski definition) is 3. The smallest absolute Gasteiger partial charge is 0.168 e. The van der Waals surface area contributed by atoms with Crippen molar-refractivity contribution in [3.63, 3.8) is 0 Å². The second-order valence-corrected chi connectivity index (χ2v) is 6.46. The quantitative estimate of drug-likeness (QED) is 0.674. The average Bonchev–Trinajstić information content (AvgIpc) is 3.02. The third-order valence-corrected chi connectivity index (χ3v) is 5.07. The number of rotatable bonds is 3. The Balaban J connectivity index is 1.92. The highest BCUT2D eigenvalue weighted by Gasteiger charge is 2.27. The van der Waals surface area contributed by atoms with Gasteiger partial charge in [0.05, 0.1) is 19.9 Å². The molecule has 0 bridgehead atoms. The molecule has 0 N–H and O–H groups in total. The van der Waals surface area contributed by atoms with Crippen molar-refractivity contribution in [2.24, 2.45) is 0 Å². The van der Waals surface area contributed by atoms with Gasteiger partial charge in [0.2, 0.25) is 0 Å². The first-order valence-corrected chi connectivity index (χ1v) is 8.38. The van der Waals surface area contributed by atoms with E-state index in [-0.39, 0.29) is 5.92 Å². The molecular formula is C20H18ClNO2. The number of aryl methyl sites for hydroxylation is 1. The first kappa shape index (κ1) is 15.3. The maximum Gasteiger partial charge on any atom is 0.168 e. The third-order valence-electron chi connectivity index (χ3n) is 4.83. The zero-order chi connectivity index (χ0) is 16.7. The van der Waals surface area contributed by atoms with Gasteiger partial charge in [-0.2, -0.15) is 0 Å². The van der Waals surface area contributed by atoms with E-state index in [0.29, 0.717) is 0 Å². The minimum atomic E-state index is 0.264. The average molecular weight is 340 g/mol. The summed E-state index contributed by atoms with van der Waals surface area (Å²) in [5.74, 6) is 1.75. The predicted octanol–water partition coefficient (Wildman–Crippen LogP) is 4.98. The number of ether oxygens (including phenoxy) is 2. The van der Waals surface area contributed by atoms with Crippen molar-refractivity contribution in [3.8, 4) is 11.5 Å². The molecule has 3 nitrogen and oxygen atoms in total. The van der Waals surface area contributed by atoms with Crippen LogP contribution in [0, 0.1) is 0 Å². The highest BCUT2D eigenvalue weighted by Crippen LogP contribution is 2.43. The molecule has 0 unspecified atom stereocenters. The van der Waals surface area contributed by atoms with Crippen LogP contribution in [0.4, 0.5) is 0 Å². The van der Waals surface area contributed by atoms with Gasteiger partial charge in [-0.25, -0.2) is 0 Å². The molecule has 0 aliphatic heterocycles. The Morgan fingerprint density at radius 1 is 1.04 bits per heavy atom. The molecule has 1 aliphatic carbocycles. The van der Waals surface area contributed by atoms with Gasteiger partial charge in [-0.3, -0.25) is 4.98 Å². The summed E-state index contributed by atoms with van der Waals surface area (Å²) < 4.78 is 11.0. The molecule has 4 rings (SSSR count). The van der Waals surface area contributed by atoms with E-state index >= 15 is 0 Å². The van der Waals surface area contributed by atoms with Gasteiger partial charge < -0.3 is 9.47 Å². The van der Waals surface area contributed by atoms with E-state index in [9.17, 15) is 0 Å². The van der Waals surface area contributed by atoms with Gasteiger partial charge in [0, 0.05) is 27.9 Å². The fourth-order valence-corrected chi connectivity index (χ4v) is 3.92. The highest BCUT2D eigenvalue weighted by atomic mass is 35.5. The molecule has 0 amide bonds. The van der Waals surface area contributed by atoms with E-state index in [2.05, 4.69) is 18.2 Å². The van der Waals surface area contributed by atoms with Gasteiger partial charge in [0.1, 0.15) is 0 Å². The third kappa shape index (κ3) is 2.31. The van der Waals surface area contributed by atoms with Crippen LogP contribution in [0.25, 0.3) is 10.8 Å². The molecule has 1 atom stereocenters. The number of hydrogen-bond donors (Lipinski definition) is 0. The number of nitrogens with zero attached hydrogens (tertiary/aromatic N) is 1. The first-order chi connectivity index (χ1) is 11.7. The van der Waals surface area contributed by atoms with Crippen LogP contribution in [0.15, 0.2) is 42.6 Å². The summed E-state index contributed by atoms with van der Waals surface area (Å²) in [4.78, 5) is 4.71. The van der Waals surface area contributed by atoms with Crippen molar-refractivity contribution in [2.75, 3.05) is 14.2 Å². The maximum atomic E-state index is 6.22. The van der Waals surface area contributed by atoms with Crippen LogP contribution >= 0.6 is 11.6 Å². The standard InChI is InChI=1S/C20H18ClNO2/c1-23-18-8-7-14-16(20(18)24-2)9-10-22-19(14)15-6-4-12-3-5-13(21)11-17(12)15/h3,5,7-11,15H,4,6H2,1-2H3/t15-/m0/s1. The van der Waals surface area contributed by atoms with Gasteiger partial charge in [0.25, 0.3) is 0 Å². The fraction of sp³-hybridized carbons (Fsp3) is 0.250. The van der Waals surface area contributed by atoms with E-state index in [1.807, 2.05) is 24.4 Å². The number of fused-ring (bicyclic) bond motifs is 2. The molecule has 1 aromatic heterocycles. The van der Waals surface area contributed by atoms with Crippen molar-refractivity contribution >= 4 is 22.4 Å². The summed E-state index contributed by atoms with van der Waals surface area (Å²) >= 11 is 6.22. The van der Waals surface area contributed by atoms with Crippen LogP contribution in [0.2, 0.25) is 5.02 Å². The van der Waals surface area contributed by atoms with E-state index in [0.717, 1.165) is 45.8 Å². The zero-order valence-electron chi connectivity index (χ0n) is 13.7. The van der Waals surface area contributed by atoms with Gasteiger partial charge >= 0.3 is 0 Å². The first-order valence-electron chi connectivity index (χ1n) is 8.01. The number of pyridine rings is 1. The molecule has 0 radical (unpaired) electrons. The molecule has 1 heterocycles. The molecule has 0 fully saturated rings. The largest absolute Gasteiger partial charge is 0.493 e. The highest BCUT2D eigenvalue weighted by molar-refractivity contribution is 6.30. The number of halogens is 1. The van der Waals surface area contributed by atoms with Crippen molar-refractivity contribution in [1.29, 1.82) is 0 Å². The SMILES string of the molecule is COc1ccc2c([C@H]3CCc4ccc(Cl)cc43)nccc2c1OC. The molecule has 0 saturated carbocycles. The van der Waals surface area contributed by atoms with E-state index in [4.69, 9.17) is 26.1 Å². The van der Waals surface area contributed by atoms with Gasteiger partial charge in [-0.15, -0.1) is 0 Å². The lowest BCUT2D eigenvalue weighted by atomic mass is 9.93. The minimum absolute atomic E-state index is 0.264. The van der Waals surface area contributed by atoms with E-state index in [1.54, 1.807) is 14.2 Å². The zero-order valence-corrected chi connectivity index (χ0v) is 14.4. The summed E-state index contributed by atoms with van der Waals surface area (Å²) in [6.45, 7) is 0. The fourth-order valence-electron chi connectivity index (χ4n) is 3.74. The summed E-state index contributed by atoms with van der Waals surface area (Å²) in [6, 6.07) is 12.2. The van der Waals surface area contributed by atoms with Crippen molar-refractivity contribution in [3.05, 3.63) is 64.4 Å². The van der Waals surface area contributed by atoms with Crippen molar-refractivity contribution in [1.82, 2.24) is 4.98 Å². The Hall–Kier alpha value is -2.26. The Morgan fingerprint density at radius 3 is 2.71 bits per heavy atom. The second kappa shape index (κ2) is 5.99. The lowest BCUT2D eigenvalue weighted by Crippen LogP contribution is -2.02. The summed E-state index contributed by atoms with van der Waals surface area (Å²) in [6.07, 6.45) is 3.96. The van der Waals surface area contributed by atoms with Crippen LogP contribution in [0.5, 0.6) is 11.5 Å². The van der Waals surface area contributed by atoms with Crippen LogP contribution in [-0.4, -0.2) is 19.2 Å². The van der Waals surface area contributed by atoms with Crippen LogP contribution < -0.4 is 9.47 Å². The van der Waals surface area contributed by atoms with Gasteiger partial charge in [0.15, 0.2) is 11.5 Å². The number of aromatic nitrogens is 1. The van der Waals surface area contributed by atoms with Gasteiger partial charge in [-0.05, 0) is 54.3 Å². The van der Waals surface area contributed by atoms with E-state index in [1.165, 1.54) is 11.1 Å². The molecular weight excluding hydrogens is 322 g/mol. The number of methoxy groups -OCH3 is 2. The van der Waals surface area contributed by atoms with E-state index < -0.39 is 0 Å². The summed E-state index contributed by atoms with van der Waals surface area (Å²) in [7, 11) is 3.32. The molecule has 122 valence electrons. The molecule has 24 heavy (non-hydrogen) atoms. The molecule has 1 aliphatic rings. The lowest BCUT2D eigenvalue weighted by Gasteiger charge is -2.17. The molecule has 4 heteroatoms. The summed E-state index contributed by atoms with van der Waals surface area (Å²) in [5, 5.41) is 2.91. The van der Waals surface area contributed by atoms with Crippen molar-refractivity contribution < 1.29 is 9.47 Å². The Bertz CT molecular complexity index is 923. The van der Waals surface area contributed by atoms with Crippen LogP contribution in [0.3, 0.4) is 0 Å². The normalized spacial score (nSPS) is 16.2.